The first kappa shape index (κ1) is 16.7. The van der Waals surface area contributed by atoms with Crippen molar-refractivity contribution in [3.05, 3.63) is 28.6 Å². The molecule has 1 aromatic carbocycles. The molecule has 0 saturated carbocycles. The summed E-state index contributed by atoms with van der Waals surface area (Å²) >= 11 is 7.76. The van der Waals surface area contributed by atoms with Crippen molar-refractivity contribution >= 4 is 39.0 Å². The van der Waals surface area contributed by atoms with Crippen LogP contribution >= 0.6 is 22.9 Å². The van der Waals surface area contributed by atoms with Crippen LogP contribution in [0.4, 0.5) is 9.66 Å². The zero-order valence-electron chi connectivity index (χ0n) is 13.3. The van der Waals surface area contributed by atoms with Gasteiger partial charge in [-0.05, 0) is 26.0 Å². The highest BCUT2D eigenvalue weighted by Gasteiger charge is 2.16. The largest absolute Gasteiger partial charge is 0.495 e. The summed E-state index contributed by atoms with van der Waals surface area (Å²) in [4.78, 5) is 13.0. The average Bonchev–Trinajstić information content (AvgIpc) is 3.02. The normalized spacial score (nSPS) is 11.1. The molecular weight excluding hydrogens is 353 g/mol. The van der Waals surface area contributed by atoms with Crippen molar-refractivity contribution in [3.8, 4) is 22.9 Å². The van der Waals surface area contributed by atoms with Crippen molar-refractivity contribution in [1.82, 2.24) is 9.97 Å². The second-order valence-corrected chi connectivity index (χ2v) is 6.63. The highest BCUT2D eigenvalue weighted by Crippen LogP contribution is 2.38. The lowest BCUT2D eigenvalue weighted by molar-refractivity contribution is -0.00424. The Balaban J connectivity index is 2.14. The third kappa shape index (κ3) is 3.09. The first-order valence-corrected chi connectivity index (χ1v) is 8.47. The van der Waals surface area contributed by atoms with Crippen LogP contribution in [0.15, 0.2) is 23.6 Å². The average molecular weight is 368 g/mol. The van der Waals surface area contributed by atoms with Crippen molar-refractivity contribution in [2.45, 2.75) is 19.9 Å². The number of ether oxygens (including phenoxy) is 1. The van der Waals surface area contributed by atoms with Crippen molar-refractivity contribution in [2.75, 3.05) is 12.4 Å². The molecular formula is C16H15ClFN3O2S. The Morgan fingerprint density at radius 2 is 2.00 bits per heavy atom. The summed E-state index contributed by atoms with van der Waals surface area (Å²) in [5.74, 6) is 0.491. The zero-order valence-corrected chi connectivity index (χ0v) is 14.8. The first-order chi connectivity index (χ1) is 11.5. The van der Waals surface area contributed by atoms with Crippen molar-refractivity contribution in [3.63, 3.8) is 0 Å². The molecule has 0 bridgehead atoms. The van der Waals surface area contributed by atoms with E-state index in [0.29, 0.717) is 33.1 Å². The maximum absolute atomic E-state index is 13.0. The number of thiazole rings is 1. The number of hydrogen-bond acceptors (Lipinski definition) is 6. The number of fused-ring (bicyclic) bond motifs is 1. The number of aromatic nitrogens is 2. The van der Waals surface area contributed by atoms with Crippen molar-refractivity contribution < 1.29 is 14.2 Å². The van der Waals surface area contributed by atoms with Crippen LogP contribution in [0.1, 0.15) is 13.8 Å². The SMILES string of the molecule is COc1ccc2c(OF)cc(-c3csc(NC(C)C)n3)nc2c1Cl. The van der Waals surface area contributed by atoms with Crippen LogP contribution in [0.3, 0.4) is 0 Å². The minimum absolute atomic E-state index is 0.0333. The maximum Gasteiger partial charge on any atom is 0.183 e. The van der Waals surface area contributed by atoms with Crippen LogP contribution in [0.2, 0.25) is 5.02 Å². The molecule has 3 rings (SSSR count). The highest BCUT2D eigenvalue weighted by atomic mass is 35.5. The lowest BCUT2D eigenvalue weighted by atomic mass is 10.1. The standard InChI is InChI=1S/C16H15ClFN3O2S/c1-8(2)19-16-21-11(7-24-16)10-6-13(23-18)9-4-5-12(22-3)14(17)15(9)20-10/h4-8H,1-3H3,(H,19,21). The molecule has 0 aliphatic rings. The summed E-state index contributed by atoms with van der Waals surface area (Å²) in [7, 11) is 1.51. The molecule has 8 heteroatoms. The predicted octanol–water partition coefficient (Wildman–Crippen LogP) is 5.10. The fourth-order valence-corrected chi connectivity index (χ4v) is 3.40. The number of anilines is 1. The second-order valence-electron chi connectivity index (χ2n) is 5.40. The molecule has 0 saturated heterocycles. The van der Waals surface area contributed by atoms with Gasteiger partial charge in [0.15, 0.2) is 10.9 Å². The molecule has 5 nitrogen and oxygen atoms in total. The second kappa shape index (κ2) is 6.78. The van der Waals surface area contributed by atoms with Crippen LogP contribution in [-0.4, -0.2) is 23.1 Å². The molecule has 2 aromatic heterocycles. The van der Waals surface area contributed by atoms with Crippen LogP contribution < -0.4 is 15.0 Å². The minimum atomic E-state index is 0.0333. The molecule has 0 atom stereocenters. The van der Waals surface area contributed by atoms with E-state index in [-0.39, 0.29) is 11.8 Å². The van der Waals surface area contributed by atoms with Crippen LogP contribution in [0.25, 0.3) is 22.3 Å². The van der Waals surface area contributed by atoms with Crippen LogP contribution in [-0.2, 0) is 0 Å². The van der Waals surface area contributed by atoms with E-state index in [9.17, 15) is 4.53 Å². The maximum atomic E-state index is 13.0. The van der Waals surface area contributed by atoms with Gasteiger partial charge in [-0.15, -0.1) is 11.3 Å². The number of pyridine rings is 1. The number of hydrogen-bond donors (Lipinski definition) is 1. The number of benzene rings is 1. The molecule has 1 N–H and O–H groups in total. The summed E-state index contributed by atoms with van der Waals surface area (Å²) in [5.41, 5.74) is 1.48. The van der Waals surface area contributed by atoms with Gasteiger partial charge in [0, 0.05) is 27.4 Å². The first-order valence-electron chi connectivity index (χ1n) is 7.21. The van der Waals surface area contributed by atoms with Gasteiger partial charge in [0.2, 0.25) is 0 Å². The van der Waals surface area contributed by atoms with Gasteiger partial charge < -0.3 is 10.1 Å². The Hall–Kier alpha value is -2.12. The molecule has 0 spiro atoms. The van der Waals surface area contributed by atoms with E-state index in [2.05, 4.69) is 20.2 Å². The Labute approximate surface area is 147 Å². The van der Waals surface area contributed by atoms with Crippen LogP contribution in [0.5, 0.6) is 11.5 Å². The molecule has 0 radical (unpaired) electrons. The monoisotopic (exact) mass is 367 g/mol. The summed E-state index contributed by atoms with van der Waals surface area (Å²) < 4.78 is 18.2. The van der Waals surface area contributed by atoms with Gasteiger partial charge in [-0.1, -0.05) is 11.6 Å². The molecule has 0 unspecified atom stereocenters. The van der Waals surface area contributed by atoms with Gasteiger partial charge in [-0.25, -0.2) is 9.97 Å². The Morgan fingerprint density at radius 1 is 1.21 bits per heavy atom. The predicted molar refractivity (Wildman–Crippen MR) is 94.9 cm³/mol. The van der Waals surface area contributed by atoms with Gasteiger partial charge in [-0.3, -0.25) is 4.94 Å². The number of nitrogens with zero attached hydrogens (tertiary/aromatic N) is 2. The summed E-state index contributed by atoms with van der Waals surface area (Å²) in [6, 6.07) is 5.05. The lowest BCUT2D eigenvalue weighted by Crippen LogP contribution is -2.09. The van der Waals surface area contributed by atoms with E-state index in [0.717, 1.165) is 5.13 Å². The number of rotatable bonds is 5. The number of nitrogens with one attached hydrogen (secondary N) is 1. The zero-order chi connectivity index (χ0) is 17.3. The fourth-order valence-electron chi connectivity index (χ4n) is 2.27. The molecule has 24 heavy (non-hydrogen) atoms. The Kier molecular flexibility index (Phi) is 4.73. The number of methoxy groups -OCH3 is 1. The topological polar surface area (TPSA) is 56.3 Å². The Bertz CT molecular complexity index is 885. The third-order valence-electron chi connectivity index (χ3n) is 3.33. The highest BCUT2D eigenvalue weighted by molar-refractivity contribution is 7.14. The van der Waals surface area contributed by atoms with E-state index in [1.165, 1.54) is 24.5 Å². The van der Waals surface area contributed by atoms with E-state index in [4.69, 9.17) is 16.3 Å². The molecule has 0 fully saturated rings. The molecule has 126 valence electrons. The quantitative estimate of drug-likeness (QED) is 0.679. The smallest absolute Gasteiger partial charge is 0.183 e. The summed E-state index contributed by atoms with van der Waals surface area (Å²) in [6.07, 6.45) is 0. The van der Waals surface area contributed by atoms with Crippen LogP contribution in [0, 0.1) is 0 Å². The van der Waals surface area contributed by atoms with E-state index in [1.807, 2.05) is 19.2 Å². The van der Waals surface area contributed by atoms with Gasteiger partial charge in [0.1, 0.15) is 16.5 Å². The van der Waals surface area contributed by atoms with Gasteiger partial charge >= 0.3 is 0 Å². The van der Waals surface area contributed by atoms with E-state index < -0.39 is 0 Å². The number of halogens is 2. The molecule has 0 amide bonds. The van der Waals surface area contributed by atoms with E-state index in [1.54, 1.807) is 12.1 Å². The minimum Gasteiger partial charge on any atom is -0.495 e. The van der Waals surface area contributed by atoms with Gasteiger partial charge in [0.25, 0.3) is 0 Å². The van der Waals surface area contributed by atoms with Gasteiger partial charge in [-0.2, -0.15) is 0 Å². The fraction of sp³-hybridized carbons (Fsp3) is 0.250. The third-order valence-corrected chi connectivity index (χ3v) is 4.47. The molecule has 0 aliphatic heterocycles. The van der Waals surface area contributed by atoms with Crippen molar-refractivity contribution in [1.29, 1.82) is 0 Å². The Morgan fingerprint density at radius 3 is 2.67 bits per heavy atom. The summed E-state index contributed by atoms with van der Waals surface area (Å²) in [5, 5.41) is 6.58. The lowest BCUT2D eigenvalue weighted by Gasteiger charge is -2.09. The van der Waals surface area contributed by atoms with Gasteiger partial charge in [0.05, 0.1) is 18.3 Å². The van der Waals surface area contributed by atoms with E-state index >= 15 is 0 Å². The molecule has 3 aromatic rings. The van der Waals surface area contributed by atoms with Crippen molar-refractivity contribution in [2.24, 2.45) is 0 Å². The molecule has 0 aliphatic carbocycles. The summed E-state index contributed by atoms with van der Waals surface area (Å²) in [6.45, 7) is 4.05. The molecule has 2 heterocycles.